The van der Waals surface area contributed by atoms with Crippen LogP contribution in [0.5, 0.6) is 0 Å². The second kappa shape index (κ2) is 5.63. The maximum absolute atomic E-state index is 13.1. The Morgan fingerprint density at radius 1 is 1.21 bits per heavy atom. The average molecular weight is 258 g/mol. The summed E-state index contributed by atoms with van der Waals surface area (Å²) in [7, 11) is 0. The summed E-state index contributed by atoms with van der Waals surface area (Å²) in [5, 5.41) is 2.65. The van der Waals surface area contributed by atoms with E-state index in [-0.39, 0.29) is 5.91 Å². The highest BCUT2D eigenvalue weighted by atomic mass is 19.1. The molecule has 1 amide bonds. The minimum Gasteiger partial charge on any atom is -0.324 e. The van der Waals surface area contributed by atoms with Crippen molar-refractivity contribution in [2.24, 2.45) is 5.73 Å². The predicted molar refractivity (Wildman–Crippen MR) is 73.1 cm³/mol. The summed E-state index contributed by atoms with van der Waals surface area (Å²) in [6.07, 6.45) is 0. The third-order valence-electron chi connectivity index (χ3n) is 2.90. The van der Waals surface area contributed by atoms with Gasteiger partial charge in [0.15, 0.2) is 0 Å². The SMILES string of the molecule is Cc1ccc(F)cc1NC(=O)C(N)c1ccccc1. The molecule has 3 nitrogen and oxygen atoms in total. The summed E-state index contributed by atoms with van der Waals surface area (Å²) in [6, 6.07) is 12.5. The number of benzene rings is 2. The standard InChI is InChI=1S/C15H15FN2O/c1-10-7-8-12(16)9-13(10)18-15(19)14(17)11-5-3-2-4-6-11/h2-9,14H,17H2,1H3,(H,18,19). The topological polar surface area (TPSA) is 55.1 Å². The van der Waals surface area contributed by atoms with Crippen LogP contribution in [0.2, 0.25) is 0 Å². The molecule has 0 aliphatic rings. The molecule has 1 atom stereocenters. The van der Waals surface area contributed by atoms with Gasteiger partial charge in [0.25, 0.3) is 0 Å². The predicted octanol–water partition coefficient (Wildman–Crippen LogP) is 2.77. The largest absolute Gasteiger partial charge is 0.324 e. The quantitative estimate of drug-likeness (QED) is 0.889. The second-order valence-corrected chi connectivity index (χ2v) is 4.34. The van der Waals surface area contributed by atoms with Crippen LogP contribution in [0.25, 0.3) is 0 Å². The number of rotatable bonds is 3. The van der Waals surface area contributed by atoms with E-state index in [1.807, 2.05) is 18.2 Å². The smallest absolute Gasteiger partial charge is 0.245 e. The fraction of sp³-hybridized carbons (Fsp3) is 0.133. The van der Waals surface area contributed by atoms with E-state index in [0.717, 1.165) is 5.56 Å². The zero-order valence-corrected chi connectivity index (χ0v) is 10.6. The number of nitrogens with one attached hydrogen (secondary N) is 1. The Labute approximate surface area is 111 Å². The average Bonchev–Trinajstić information content (AvgIpc) is 2.43. The van der Waals surface area contributed by atoms with E-state index in [9.17, 15) is 9.18 Å². The summed E-state index contributed by atoms with van der Waals surface area (Å²) >= 11 is 0. The molecule has 3 N–H and O–H groups in total. The first kappa shape index (κ1) is 13.2. The number of hydrogen-bond donors (Lipinski definition) is 2. The Balaban J connectivity index is 2.15. The minimum absolute atomic E-state index is 0.361. The van der Waals surface area contributed by atoms with Crippen molar-refractivity contribution in [2.45, 2.75) is 13.0 Å². The molecule has 19 heavy (non-hydrogen) atoms. The third kappa shape index (κ3) is 3.17. The molecule has 0 bridgehead atoms. The van der Waals surface area contributed by atoms with Crippen LogP contribution in [-0.2, 0) is 4.79 Å². The van der Waals surface area contributed by atoms with Gasteiger partial charge in [-0.2, -0.15) is 0 Å². The van der Waals surface area contributed by atoms with E-state index in [1.165, 1.54) is 12.1 Å². The molecule has 0 aromatic heterocycles. The lowest BCUT2D eigenvalue weighted by Gasteiger charge is -2.14. The summed E-state index contributed by atoms with van der Waals surface area (Å²) in [6.45, 7) is 1.79. The van der Waals surface area contributed by atoms with E-state index in [0.29, 0.717) is 11.3 Å². The highest BCUT2D eigenvalue weighted by Crippen LogP contribution is 2.18. The molecular weight excluding hydrogens is 243 g/mol. The Bertz CT molecular complexity index is 584. The van der Waals surface area contributed by atoms with Gasteiger partial charge in [0.2, 0.25) is 5.91 Å². The van der Waals surface area contributed by atoms with Gasteiger partial charge in [-0.15, -0.1) is 0 Å². The van der Waals surface area contributed by atoms with Crippen molar-refractivity contribution in [3.8, 4) is 0 Å². The maximum atomic E-state index is 13.1. The van der Waals surface area contributed by atoms with E-state index in [1.54, 1.807) is 25.1 Å². The molecule has 0 radical (unpaired) electrons. The highest BCUT2D eigenvalue weighted by molar-refractivity contribution is 5.95. The van der Waals surface area contributed by atoms with Crippen molar-refractivity contribution in [2.75, 3.05) is 5.32 Å². The van der Waals surface area contributed by atoms with Crippen molar-refractivity contribution in [3.05, 3.63) is 65.5 Å². The van der Waals surface area contributed by atoms with Crippen molar-refractivity contribution >= 4 is 11.6 Å². The Hall–Kier alpha value is -2.20. The molecule has 0 heterocycles. The highest BCUT2D eigenvalue weighted by Gasteiger charge is 2.16. The van der Waals surface area contributed by atoms with E-state index in [2.05, 4.69) is 5.32 Å². The molecule has 0 aliphatic carbocycles. The van der Waals surface area contributed by atoms with Crippen LogP contribution in [0, 0.1) is 12.7 Å². The summed E-state index contributed by atoms with van der Waals surface area (Å²) in [5.74, 6) is -0.755. The number of carbonyl (C=O) groups excluding carboxylic acids is 1. The Kier molecular flexibility index (Phi) is 3.92. The molecule has 1 unspecified atom stereocenters. The van der Waals surface area contributed by atoms with Crippen LogP contribution in [0.3, 0.4) is 0 Å². The maximum Gasteiger partial charge on any atom is 0.245 e. The molecule has 98 valence electrons. The number of aryl methyl sites for hydroxylation is 1. The Morgan fingerprint density at radius 3 is 2.58 bits per heavy atom. The van der Waals surface area contributed by atoms with Crippen molar-refractivity contribution in [1.82, 2.24) is 0 Å². The van der Waals surface area contributed by atoms with Gasteiger partial charge in [-0.05, 0) is 30.2 Å². The normalized spacial score (nSPS) is 11.9. The van der Waals surface area contributed by atoms with Gasteiger partial charge in [0.05, 0.1) is 0 Å². The molecule has 0 saturated heterocycles. The number of nitrogens with two attached hydrogens (primary N) is 1. The van der Waals surface area contributed by atoms with E-state index < -0.39 is 11.9 Å². The monoisotopic (exact) mass is 258 g/mol. The first-order valence-electron chi connectivity index (χ1n) is 5.95. The van der Waals surface area contributed by atoms with E-state index in [4.69, 9.17) is 5.73 Å². The zero-order chi connectivity index (χ0) is 13.8. The minimum atomic E-state index is -0.774. The van der Waals surface area contributed by atoms with Gasteiger partial charge >= 0.3 is 0 Å². The lowest BCUT2D eigenvalue weighted by Crippen LogP contribution is -2.28. The number of amides is 1. The summed E-state index contributed by atoms with van der Waals surface area (Å²) in [4.78, 5) is 12.0. The number of anilines is 1. The van der Waals surface area contributed by atoms with Crippen LogP contribution in [0.4, 0.5) is 10.1 Å². The van der Waals surface area contributed by atoms with Gasteiger partial charge in [-0.1, -0.05) is 36.4 Å². The summed E-state index contributed by atoms with van der Waals surface area (Å²) < 4.78 is 13.1. The van der Waals surface area contributed by atoms with Gasteiger partial charge in [-0.3, -0.25) is 4.79 Å². The van der Waals surface area contributed by atoms with Gasteiger partial charge in [-0.25, -0.2) is 4.39 Å². The lowest BCUT2D eigenvalue weighted by atomic mass is 10.1. The Morgan fingerprint density at radius 2 is 1.89 bits per heavy atom. The van der Waals surface area contributed by atoms with Crippen LogP contribution < -0.4 is 11.1 Å². The van der Waals surface area contributed by atoms with Gasteiger partial charge < -0.3 is 11.1 Å². The van der Waals surface area contributed by atoms with Crippen LogP contribution in [-0.4, -0.2) is 5.91 Å². The van der Waals surface area contributed by atoms with Crippen LogP contribution >= 0.6 is 0 Å². The van der Waals surface area contributed by atoms with Gasteiger partial charge in [0.1, 0.15) is 11.9 Å². The molecule has 0 spiro atoms. The molecule has 2 aromatic rings. The summed E-state index contributed by atoms with van der Waals surface area (Å²) in [5.41, 5.74) is 7.81. The van der Waals surface area contributed by atoms with Crippen molar-refractivity contribution in [3.63, 3.8) is 0 Å². The molecule has 2 rings (SSSR count). The zero-order valence-electron chi connectivity index (χ0n) is 10.6. The fourth-order valence-electron chi connectivity index (χ4n) is 1.75. The molecule has 4 heteroatoms. The fourth-order valence-corrected chi connectivity index (χ4v) is 1.75. The number of halogens is 1. The van der Waals surface area contributed by atoms with Crippen LogP contribution in [0.15, 0.2) is 48.5 Å². The molecular formula is C15H15FN2O. The molecule has 0 aliphatic heterocycles. The van der Waals surface area contributed by atoms with Gasteiger partial charge in [0, 0.05) is 5.69 Å². The first-order chi connectivity index (χ1) is 9.08. The molecule has 0 saturated carbocycles. The lowest BCUT2D eigenvalue weighted by molar-refractivity contribution is -0.117. The molecule has 0 fully saturated rings. The van der Waals surface area contributed by atoms with Crippen molar-refractivity contribution in [1.29, 1.82) is 0 Å². The van der Waals surface area contributed by atoms with Crippen LogP contribution in [0.1, 0.15) is 17.2 Å². The number of hydrogen-bond acceptors (Lipinski definition) is 2. The second-order valence-electron chi connectivity index (χ2n) is 4.34. The number of carbonyl (C=O) groups is 1. The van der Waals surface area contributed by atoms with E-state index >= 15 is 0 Å². The molecule has 2 aromatic carbocycles. The van der Waals surface area contributed by atoms with Crippen molar-refractivity contribution < 1.29 is 9.18 Å². The third-order valence-corrected chi connectivity index (χ3v) is 2.90. The first-order valence-corrected chi connectivity index (χ1v) is 5.95.